The minimum atomic E-state index is 0.127. The third kappa shape index (κ3) is 7.16. The number of piperidine rings is 1. The van der Waals surface area contributed by atoms with Crippen molar-refractivity contribution in [3.8, 4) is 0 Å². The number of carbonyl (C=O) groups excluding carboxylic acids is 2. The van der Waals surface area contributed by atoms with Gasteiger partial charge < -0.3 is 19.3 Å². The van der Waals surface area contributed by atoms with E-state index in [1.807, 2.05) is 24.1 Å². The Morgan fingerprint density at radius 3 is 2.37 bits per heavy atom. The number of hydrogen-bond donors (Lipinski definition) is 0. The molecule has 7 heteroatoms. The molecule has 2 amide bonds. The number of benzene rings is 1. The fourth-order valence-corrected chi connectivity index (χ4v) is 5.83. The summed E-state index contributed by atoms with van der Waals surface area (Å²) in [5.41, 5.74) is 2.76. The second kappa shape index (κ2) is 13.1. The standard InChI is InChI=1S/C31H49N5O2/c1-23(2)13-19-35(20-14-24(3)4)31(38)25-9-11-27-28(21-25)36(18-8-17-34-15-6-7-16-34)30(32-27)26-10-12-29(37)33(5)22-26/h9,11,21,23-24,26H,6-8,10,12-20,22H2,1-5H3. The monoisotopic (exact) mass is 523 g/mol. The van der Waals surface area contributed by atoms with Gasteiger partial charge in [0.15, 0.2) is 0 Å². The molecule has 2 saturated heterocycles. The molecule has 0 N–H and O–H groups in total. The zero-order chi connectivity index (χ0) is 27.2. The summed E-state index contributed by atoms with van der Waals surface area (Å²) in [6.07, 6.45) is 7.10. The van der Waals surface area contributed by atoms with Crippen molar-refractivity contribution in [1.82, 2.24) is 24.3 Å². The number of amides is 2. The number of fused-ring (bicyclic) bond motifs is 1. The third-order valence-electron chi connectivity index (χ3n) is 8.31. The van der Waals surface area contributed by atoms with E-state index in [9.17, 15) is 9.59 Å². The lowest BCUT2D eigenvalue weighted by molar-refractivity contribution is -0.132. The average Bonchev–Trinajstić information content (AvgIpc) is 3.53. The van der Waals surface area contributed by atoms with Crippen LogP contribution in [-0.4, -0.2) is 82.4 Å². The predicted octanol–water partition coefficient (Wildman–Crippen LogP) is 5.39. The molecule has 210 valence electrons. The van der Waals surface area contributed by atoms with Gasteiger partial charge in [-0.15, -0.1) is 0 Å². The molecule has 2 aliphatic rings. The largest absolute Gasteiger partial charge is 0.345 e. The normalized spacial score (nSPS) is 18.9. The van der Waals surface area contributed by atoms with Gasteiger partial charge in [0.2, 0.25) is 5.91 Å². The average molecular weight is 524 g/mol. The van der Waals surface area contributed by atoms with Gasteiger partial charge in [-0.05, 0) is 88.2 Å². The van der Waals surface area contributed by atoms with Crippen molar-refractivity contribution in [2.24, 2.45) is 11.8 Å². The van der Waals surface area contributed by atoms with Gasteiger partial charge >= 0.3 is 0 Å². The Hall–Kier alpha value is -2.41. The third-order valence-corrected chi connectivity index (χ3v) is 8.31. The quantitative estimate of drug-likeness (QED) is 0.374. The van der Waals surface area contributed by atoms with Gasteiger partial charge in [-0.3, -0.25) is 9.59 Å². The Morgan fingerprint density at radius 1 is 1.05 bits per heavy atom. The molecule has 1 aromatic heterocycles. The van der Waals surface area contributed by atoms with Crippen LogP contribution in [0.4, 0.5) is 0 Å². The summed E-state index contributed by atoms with van der Waals surface area (Å²) in [5, 5.41) is 0. The van der Waals surface area contributed by atoms with Crippen LogP contribution < -0.4 is 0 Å². The number of rotatable bonds is 12. The van der Waals surface area contributed by atoms with Gasteiger partial charge in [0.25, 0.3) is 5.91 Å². The van der Waals surface area contributed by atoms with E-state index in [1.165, 1.54) is 25.9 Å². The summed E-state index contributed by atoms with van der Waals surface area (Å²) >= 11 is 0. The van der Waals surface area contributed by atoms with E-state index in [1.54, 1.807) is 0 Å². The summed E-state index contributed by atoms with van der Waals surface area (Å²) in [4.78, 5) is 37.5. The van der Waals surface area contributed by atoms with Crippen LogP contribution in [0.1, 0.15) is 94.7 Å². The molecule has 1 atom stereocenters. The molecule has 2 aromatic rings. The molecule has 0 saturated carbocycles. The Morgan fingerprint density at radius 2 is 1.74 bits per heavy atom. The van der Waals surface area contributed by atoms with Crippen LogP contribution in [0.15, 0.2) is 18.2 Å². The summed E-state index contributed by atoms with van der Waals surface area (Å²) in [7, 11) is 1.90. The first-order valence-corrected chi connectivity index (χ1v) is 15.0. The fourth-order valence-electron chi connectivity index (χ4n) is 5.83. The van der Waals surface area contributed by atoms with Gasteiger partial charge in [-0.25, -0.2) is 4.98 Å². The first-order valence-electron chi connectivity index (χ1n) is 15.0. The molecule has 1 aromatic carbocycles. The Labute approximate surface area is 229 Å². The highest BCUT2D eigenvalue weighted by Crippen LogP contribution is 2.30. The number of nitrogens with zero attached hydrogens (tertiary/aromatic N) is 5. The zero-order valence-corrected chi connectivity index (χ0v) is 24.4. The predicted molar refractivity (Wildman–Crippen MR) is 154 cm³/mol. The molecule has 2 aliphatic heterocycles. The van der Waals surface area contributed by atoms with Gasteiger partial charge in [0.1, 0.15) is 5.82 Å². The number of aromatic nitrogens is 2. The van der Waals surface area contributed by atoms with Crippen LogP contribution in [-0.2, 0) is 11.3 Å². The van der Waals surface area contributed by atoms with Crippen molar-refractivity contribution < 1.29 is 9.59 Å². The molecular formula is C31H49N5O2. The van der Waals surface area contributed by atoms with Crippen LogP contribution in [0.5, 0.6) is 0 Å². The summed E-state index contributed by atoms with van der Waals surface area (Å²) in [6.45, 7) is 15.6. The van der Waals surface area contributed by atoms with E-state index in [2.05, 4.69) is 48.1 Å². The van der Waals surface area contributed by atoms with E-state index < -0.39 is 0 Å². The Kier molecular flexibility index (Phi) is 9.85. The second-order valence-electron chi connectivity index (χ2n) is 12.4. The lowest BCUT2D eigenvalue weighted by Gasteiger charge is -2.29. The Balaban J connectivity index is 1.62. The highest BCUT2D eigenvalue weighted by molar-refractivity contribution is 5.97. The molecule has 0 radical (unpaired) electrons. The first-order chi connectivity index (χ1) is 18.2. The van der Waals surface area contributed by atoms with E-state index in [-0.39, 0.29) is 17.7 Å². The molecule has 38 heavy (non-hydrogen) atoms. The minimum Gasteiger partial charge on any atom is -0.345 e. The van der Waals surface area contributed by atoms with Gasteiger partial charge in [0, 0.05) is 51.1 Å². The molecular weight excluding hydrogens is 474 g/mol. The molecule has 1 unspecified atom stereocenters. The van der Waals surface area contributed by atoms with E-state index >= 15 is 0 Å². The van der Waals surface area contributed by atoms with E-state index in [0.29, 0.717) is 24.8 Å². The number of imidazole rings is 1. The number of carbonyl (C=O) groups is 2. The SMILES string of the molecule is CC(C)CCN(CCC(C)C)C(=O)c1ccc2nc(C3CCC(=O)N(C)C3)n(CCCN3CCCC3)c2c1. The molecule has 4 rings (SSSR count). The maximum Gasteiger partial charge on any atom is 0.253 e. The van der Waals surface area contributed by atoms with Crippen molar-refractivity contribution in [3.63, 3.8) is 0 Å². The maximum atomic E-state index is 13.7. The molecule has 0 aliphatic carbocycles. The highest BCUT2D eigenvalue weighted by atomic mass is 16.2. The minimum absolute atomic E-state index is 0.127. The van der Waals surface area contributed by atoms with E-state index in [0.717, 1.165) is 74.3 Å². The zero-order valence-electron chi connectivity index (χ0n) is 24.4. The molecule has 7 nitrogen and oxygen atoms in total. The van der Waals surface area contributed by atoms with Crippen molar-refractivity contribution in [1.29, 1.82) is 0 Å². The van der Waals surface area contributed by atoms with Crippen molar-refractivity contribution in [3.05, 3.63) is 29.6 Å². The van der Waals surface area contributed by atoms with Crippen LogP contribution in [0.25, 0.3) is 11.0 Å². The summed E-state index contributed by atoms with van der Waals surface area (Å²) in [6, 6.07) is 6.08. The summed E-state index contributed by atoms with van der Waals surface area (Å²) in [5.74, 6) is 2.77. The van der Waals surface area contributed by atoms with Crippen LogP contribution in [0.2, 0.25) is 0 Å². The molecule has 0 bridgehead atoms. The maximum absolute atomic E-state index is 13.7. The number of likely N-dealkylation sites (tertiary alicyclic amines) is 2. The first kappa shape index (κ1) is 28.6. The van der Waals surface area contributed by atoms with Crippen molar-refractivity contribution in [2.45, 2.75) is 85.1 Å². The molecule has 2 fully saturated rings. The summed E-state index contributed by atoms with van der Waals surface area (Å²) < 4.78 is 2.36. The number of aryl methyl sites for hydroxylation is 1. The lowest BCUT2D eigenvalue weighted by atomic mass is 9.97. The van der Waals surface area contributed by atoms with Crippen molar-refractivity contribution in [2.75, 3.05) is 46.3 Å². The fraction of sp³-hybridized carbons (Fsp3) is 0.710. The second-order valence-corrected chi connectivity index (χ2v) is 12.4. The van der Waals surface area contributed by atoms with Gasteiger partial charge in [-0.1, -0.05) is 27.7 Å². The smallest absolute Gasteiger partial charge is 0.253 e. The molecule has 3 heterocycles. The topological polar surface area (TPSA) is 61.7 Å². The lowest BCUT2D eigenvalue weighted by Crippen LogP contribution is -2.36. The Bertz CT molecular complexity index is 1070. The van der Waals surface area contributed by atoms with Gasteiger partial charge in [-0.2, -0.15) is 0 Å². The van der Waals surface area contributed by atoms with Gasteiger partial charge in [0.05, 0.1) is 11.0 Å². The number of hydrogen-bond acceptors (Lipinski definition) is 4. The van der Waals surface area contributed by atoms with Crippen LogP contribution in [0.3, 0.4) is 0 Å². The van der Waals surface area contributed by atoms with Crippen LogP contribution in [0, 0.1) is 11.8 Å². The number of likely N-dealkylation sites (N-methyl/N-ethyl adjacent to an activating group) is 1. The molecule has 0 spiro atoms. The van der Waals surface area contributed by atoms with Crippen molar-refractivity contribution >= 4 is 22.8 Å². The highest BCUT2D eigenvalue weighted by Gasteiger charge is 2.29. The van der Waals surface area contributed by atoms with Crippen LogP contribution >= 0.6 is 0 Å². The van der Waals surface area contributed by atoms with E-state index in [4.69, 9.17) is 4.98 Å².